The highest BCUT2D eigenvalue weighted by molar-refractivity contribution is 5.91. The minimum absolute atomic E-state index is 0.00994. The van der Waals surface area contributed by atoms with Gasteiger partial charge in [0, 0.05) is 62.1 Å². The number of hydrogen-bond acceptors (Lipinski definition) is 8. The smallest absolute Gasteiger partial charge is 0.205 e. The summed E-state index contributed by atoms with van der Waals surface area (Å²) in [5.74, 6) is -0.109. The molecule has 0 radical (unpaired) electrons. The van der Waals surface area contributed by atoms with Crippen molar-refractivity contribution in [2.75, 3.05) is 44.7 Å². The van der Waals surface area contributed by atoms with E-state index in [1.54, 1.807) is 0 Å². The van der Waals surface area contributed by atoms with Crippen LogP contribution in [0, 0.1) is 0 Å². The van der Waals surface area contributed by atoms with Crippen molar-refractivity contribution in [3.05, 3.63) is 46.6 Å². The molecule has 3 N–H and O–H groups in total. The van der Waals surface area contributed by atoms with Gasteiger partial charge in [-0.25, -0.2) is 0 Å². The molecule has 2 saturated heterocycles. The van der Waals surface area contributed by atoms with Crippen molar-refractivity contribution in [3.8, 4) is 28.6 Å². The molecule has 0 bridgehead atoms. The number of likely N-dealkylation sites (tertiary alicyclic amines) is 1. The van der Waals surface area contributed by atoms with Crippen molar-refractivity contribution in [1.29, 1.82) is 0 Å². The van der Waals surface area contributed by atoms with E-state index in [0.29, 0.717) is 11.8 Å². The fourth-order valence-electron chi connectivity index (χ4n) is 4.85. The topological polar surface area (TPSA) is 98.4 Å². The Hall–Kier alpha value is -3.23. The van der Waals surface area contributed by atoms with Gasteiger partial charge < -0.3 is 34.5 Å². The number of hydrogen-bond donors (Lipinski definition) is 3. The predicted molar refractivity (Wildman–Crippen MR) is 132 cm³/mol. The maximum Gasteiger partial charge on any atom is 0.205 e. The summed E-state index contributed by atoms with van der Waals surface area (Å²) in [5.41, 5.74) is 1.53. The van der Waals surface area contributed by atoms with Gasteiger partial charge in [0.1, 0.15) is 23.0 Å². The zero-order chi connectivity index (χ0) is 23.8. The Morgan fingerprint density at radius 2 is 1.79 bits per heavy atom. The largest absolute Gasteiger partial charge is 0.507 e. The Balaban J connectivity index is 1.52. The number of benzene rings is 2. The van der Waals surface area contributed by atoms with Gasteiger partial charge in [-0.1, -0.05) is 0 Å². The molecular formula is C26H31N3O5. The quantitative estimate of drug-likeness (QED) is 0.541. The second-order valence-electron chi connectivity index (χ2n) is 9.34. The number of phenolic OH excluding ortho intramolecular Hbond substituents is 2. The number of piperazine rings is 1. The van der Waals surface area contributed by atoms with E-state index in [9.17, 15) is 15.0 Å². The fourth-order valence-corrected chi connectivity index (χ4v) is 4.85. The SMILES string of the molecule is CC1CNCCN1c1ccc(-c2cc(=O)c3c(O)cc(O)c(OC4CCN(C)CC4)c3o2)cc1. The lowest BCUT2D eigenvalue weighted by Crippen LogP contribution is -2.49. The van der Waals surface area contributed by atoms with Crippen molar-refractivity contribution < 1.29 is 19.4 Å². The molecule has 34 heavy (non-hydrogen) atoms. The molecule has 8 heteroatoms. The summed E-state index contributed by atoms with van der Waals surface area (Å²) in [7, 11) is 2.06. The summed E-state index contributed by atoms with van der Waals surface area (Å²) in [6.45, 7) is 6.77. The van der Waals surface area contributed by atoms with E-state index >= 15 is 0 Å². The van der Waals surface area contributed by atoms with E-state index in [0.717, 1.165) is 62.9 Å². The summed E-state index contributed by atoms with van der Waals surface area (Å²) in [6, 6.07) is 10.8. The van der Waals surface area contributed by atoms with Gasteiger partial charge in [0.25, 0.3) is 0 Å². The van der Waals surface area contributed by atoms with E-state index in [4.69, 9.17) is 9.15 Å². The number of nitrogens with zero attached hydrogens (tertiary/aromatic N) is 2. The van der Waals surface area contributed by atoms with Crippen molar-refractivity contribution >= 4 is 16.7 Å². The zero-order valence-corrected chi connectivity index (χ0v) is 19.6. The van der Waals surface area contributed by atoms with Crippen molar-refractivity contribution in [3.63, 3.8) is 0 Å². The Morgan fingerprint density at radius 3 is 2.50 bits per heavy atom. The number of piperidine rings is 1. The van der Waals surface area contributed by atoms with Crippen LogP contribution < -0.4 is 20.4 Å². The minimum atomic E-state index is -0.387. The monoisotopic (exact) mass is 465 g/mol. The van der Waals surface area contributed by atoms with Crippen LogP contribution in [0.3, 0.4) is 0 Å². The van der Waals surface area contributed by atoms with E-state index in [1.165, 1.54) is 6.07 Å². The maximum absolute atomic E-state index is 13.0. The molecule has 180 valence electrons. The van der Waals surface area contributed by atoms with Gasteiger partial charge in [0.2, 0.25) is 5.75 Å². The fraction of sp³-hybridized carbons (Fsp3) is 0.423. The maximum atomic E-state index is 13.0. The molecule has 8 nitrogen and oxygen atoms in total. The lowest BCUT2D eigenvalue weighted by atomic mass is 10.1. The molecule has 2 aliphatic rings. The summed E-state index contributed by atoms with van der Waals surface area (Å²) >= 11 is 0. The van der Waals surface area contributed by atoms with Crippen molar-refractivity contribution in [1.82, 2.24) is 10.2 Å². The normalized spacial score (nSPS) is 20.1. The van der Waals surface area contributed by atoms with Crippen LogP contribution in [0.2, 0.25) is 0 Å². The highest BCUT2D eigenvalue weighted by Crippen LogP contribution is 2.41. The molecule has 2 aromatic carbocycles. The van der Waals surface area contributed by atoms with E-state index in [1.807, 2.05) is 24.3 Å². The Kier molecular flexibility index (Phi) is 6.10. The Morgan fingerprint density at radius 1 is 1.06 bits per heavy atom. The van der Waals surface area contributed by atoms with Gasteiger partial charge >= 0.3 is 0 Å². The van der Waals surface area contributed by atoms with Crippen LogP contribution in [0.1, 0.15) is 19.8 Å². The highest BCUT2D eigenvalue weighted by atomic mass is 16.5. The molecular weight excluding hydrogens is 434 g/mol. The third-order valence-corrected chi connectivity index (χ3v) is 6.85. The predicted octanol–water partition coefficient (Wildman–Crippen LogP) is 3.14. The van der Waals surface area contributed by atoms with Crippen molar-refractivity contribution in [2.45, 2.75) is 31.9 Å². The third-order valence-electron chi connectivity index (χ3n) is 6.85. The van der Waals surface area contributed by atoms with Gasteiger partial charge in [-0.2, -0.15) is 0 Å². The molecule has 1 atom stereocenters. The first-order chi connectivity index (χ1) is 16.4. The molecule has 3 heterocycles. The molecule has 0 saturated carbocycles. The van der Waals surface area contributed by atoms with Gasteiger partial charge in [-0.15, -0.1) is 0 Å². The third kappa shape index (κ3) is 4.31. The second kappa shape index (κ2) is 9.19. The van der Waals surface area contributed by atoms with Crippen LogP contribution in [0.25, 0.3) is 22.3 Å². The lowest BCUT2D eigenvalue weighted by Gasteiger charge is -2.36. The molecule has 1 unspecified atom stereocenters. The Labute approximate surface area is 198 Å². The van der Waals surface area contributed by atoms with Crippen LogP contribution in [0.5, 0.6) is 17.2 Å². The average Bonchev–Trinajstić information content (AvgIpc) is 2.83. The number of fused-ring (bicyclic) bond motifs is 1. The van der Waals surface area contributed by atoms with Gasteiger partial charge in [-0.3, -0.25) is 4.79 Å². The summed E-state index contributed by atoms with van der Waals surface area (Å²) in [6.07, 6.45) is 1.49. The molecule has 1 aromatic heterocycles. The molecule has 0 spiro atoms. The van der Waals surface area contributed by atoms with Gasteiger partial charge in [0.15, 0.2) is 16.8 Å². The molecule has 2 aliphatic heterocycles. The molecule has 0 amide bonds. The first kappa shape index (κ1) is 22.6. The second-order valence-corrected chi connectivity index (χ2v) is 9.34. The van der Waals surface area contributed by atoms with Crippen molar-refractivity contribution in [2.24, 2.45) is 0 Å². The zero-order valence-electron chi connectivity index (χ0n) is 19.6. The Bertz CT molecular complexity index is 1230. The number of ether oxygens (including phenoxy) is 1. The van der Waals surface area contributed by atoms with E-state index in [-0.39, 0.29) is 39.8 Å². The number of anilines is 1. The number of nitrogens with one attached hydrogen (secondary N) is 1. The number of aromatic hydroxyl groups is 2. The molecule has 5 rings (SSSR count). The van der Waals surface area contributed by atoms with Crippen LogP contribution in [0.15, 0.2) is 45.6 Å². The highest BCUT2D eigenvalue weighted by Gasteiger charge is 2.25. The first-order valence-corrected chi connectivity index (χ1v) is 11.9. The van der Waals surface area contributed by atoms with Crippen LogP contribution in [-0.4, -0.2) is 67.0 Å². The number of rotatable bonds is 4. The summed E-state index contributed by atoms with van der Waals surface area (Å²) < 4.78 is 12.2. The molecule has 0 aliphatic carbocycles. The molecule has 2 fully saturated rings. The van der Waals surface area contributed by atoms with E-state index in [2.05, 4.69) is 29.1 Å². The van der Waals surface area contributed by atoms with Crippen LogP contribution in [-0.2, 0) is 0 Å². The van der Waals surface area contributed by atoms with Gasteiger partial charge in [-0.05, 0) is 51.1 Å². The average molecular weight is 466 g/mol. The summed E-state index contributed by atoms with van der Waals surface area (Å²) in [5, 5.41) is 24.3. The first-order valence-electron chi connectivity index (χ1n) is 11.9. The van der Waals surface area contributed by atoms with Gasteiger partial charge in [0.05, 0.1) is 0 Å². The number of phenols is 2. The molecule has 3 aromatic rings. The standard InChI is InChI=1S/C26H31N3O5/c1-16-15-27-9-12-29(16)18-5-3-17(4-6-18)23-14-21(31)24-20(30)13-22(32)25(26(24)34-23)33-19-7-10-28(2)11-8-19/h3-6,13-14,16,19,27,30,32H,7-12,15H2,1-2H3. The van der Waals surface area contributed by atoms with Crippen LogP contribution in [0.4, 0.5) is 5.69 Å². The summed E-state index contributed by atoms with van der Waals surface area (Å²) in [4.78, 5) is 17.5. The van der Waals surface area contributed by atoms with Crippen LogP contribution >= 0.6 is 0 Å². The van der Waals surface area contributed by atoms with E-state index < -0.39 is 0 Å². The minimum Gasteiger partial charge on any atom is -0.507 e. The lowest BCUT2D eigenvalue weighted by molar-refractivity contribution is 0.111.